The number of nitrogens with zero attached hydrogens (tertiary/aromatic N) is 4. The highest BCUT2D eigenvalue weighted by atomic mass is 32.1. The highest BCUT2D eigenvalue weighted by Gasteiger charge is 2.27. The van der Waals surface area contributed by atoms with E-state index < -0.39 is 0 Å². The molecule has 8 heteroatoms. The van der Waals surface area contributed by atoms with E-state index in [1.807, 2.05) is 18.2 Å². The van der Waals surface area contributed by atoms with Crippen molar-refractivity contribution < 1.29 is 4.92 Å². The molecule has 0 aliphatic carbocycles. The molecule has 1 N–H and O–H groups in total. The second-order valence-electron chi connectivity index (χ2n) is 6.15. The van der Waals surface area contributed by atoms with Gasteiger partial charge in [-0.3, -0.25) is 4.90 Å². The predicted molar refractivity (Wildman–Crippen MR) is 98.2 cm³/mol. The molecule has 1 fully saturated rings. The van der Waals surface area contributed by atoms with E-state index in [-0.39, 0.29) is 16.8 Å². The summed E-state index contributed by atoms with van der Waals surface area (Å²) in [6.07, 6.45) is 4.08. The summed E-state index contributed by atoms with van der Waals surface area (Å²) in [5.41, 5.74) is 1.22. The molecule has 25 heavy (non-hydrogen) atoms. The van der Waals surface area contributed by atoms with Gasteiger partial charge in [0.2, 0.25) is 5.82 Å². The van der Waals surface area contributed by atoms with Crippen LogP contribution in [0.1, 0.15) is 24.4 Å². The molecular formula is C17H19N5O2S. The summed E-state index contributed by atoms with van der Waals surface area (Å²) in [5, 5.41) is 16.5. The Labute approximate surface area is 149 Å². The van der Waals surface area contributed by atoms with Crippen molar-refractivity contribution >= 4 is 27.9 Å². The van der Waals surface area contributed by atoms with E-state index in [4.69, 9.17) is 0 Å². The van der Waals surface area contributed by atoms with Gasteiger partial charge >= 0.3 is 5.82 Å². The summed E-state index contributed by atoms with van der Waals surface area (Å²) >= 11 is 1.39. The van der Waals surface area contributed by atoms with Gasteiger partial charge in [0.05, 0.1) is 6.04 Å². The molecule has 0 bridgehead atoms. The lowest BCUT2D eigenvalue weighted by molar-refractivity contribution is -0.389. The van der Waals surface area contributed by atoms with Crippen LogP contribution in [0.4, 0.5) is 11.6 Å². The third-order valence-corrected chi connectivity index (χ3v) is 5.40. The Balaban J connectivity index is 1.60. The van der Waals surface area contributed by atoms with E-state index in [0.29, 0.717) is 17.3 Å². The molecule has 130 valence electrons. The maximum atomic E-state index is 11.5. The standard InChI is InChI=1S/C17H19N5O2S/c23-22(24)16-15(19-17-21(16)10-11-25-17)18-12-14(20-8-4-5-9-20)13-6-2-1-3-7-13/h1-3,6-7,10-11,14,18H,4-5,8-9,12H2. The molecule has 2 aromatic heterocycles. The highest BCUT2D eigenvalue weighted by molar-refractivity contribution is 7.15. The van der Waals surface area contributed by atoms with Gasteiger partial charge < -0.3 is 15.4 Å². The van der Waals surface area contributed by atoms with Crippen LogP contribution in [0.25, 0.3) is 4.96 Å². The maximum Gasteiger partial charge on any atom is 0.372 e. The molecule has 1 unspecified atom stereocenters. The molecule has 7 nitrogen and oxygen atoms in total. The summed E-state index contributed by atoms with van der Waals surface area (Å²) in [6.45, 7) is 2.71. The zero-order valence-corrected chi connectivity index (χ0v) is 14.5. The molecule has 3 aromatic rings. The van der Waals surface area contributed by atoms with Crippen LogP contribution in [0.5, 0.6) is 0 Å². The van der Waals surface area contributed by atoms with Gasteiger partial charge in [0.25, 0.3) is 4.96 Å². The number of benzene rings is 1. The van der Waals surface area contributed by atoms with Gasteiger partial charge in [-0.25, -0.2) is 0 Å². The van der Waals surface area contributed by atoms with Gasteiger partial charge in [-0.1, -0.05) is 41.7 Å². The average Bonchev–Trinajstić information content (AvgIpc) is 3.32. The molecule has 0 saturated carbocycles. The summed E-state index contributed by atoms with van der Waals surface area (Å²) in [5.74, 6) is 0.349. The molecule has 1 atom stereocenters. The fourth-order valence-electron chi connectivity index (χ4n) is 3.45. The Morgan fingerprint density at radius 2 is 2.04 bits per heavy atom. The Morgan fingerprint density at radius 3 is 2.76 bits per heavy atom. The first-order valence-electron chi connectivity index (χ1n) is 8.37. The molecule has 0 spiro atoms. The molecule has 1 aromatic carbocycles. The smallest absolute Gasteiger partial charge is 0.361 e. The van der Waals surface area contributed by atoms with Crippen LogP contribution in [0, 0.1) is 10.1 Å². The van der Waals surface area contributed by atoms with Crippen LogP contribution < -0.4 is 5.32 Å². The number of thiazole rings is 1. The number of rotatable bonds is 6. The number of hydrogen-bond acceptors (Lipinski definition) is 6. The average molecular weight is 357 g/mol. The van der Waals surface area contributed by atoms with E-state index in [9.17, 15) is 10.1 Å². The number of anilines is 1. The third-order valence-electron chi connectivity index (χ3n) is 4.64. The SMILES string of the molecule is O=[N+]([O-])c1c(NCC(c2ccccc2)N2CCCC2)nc2sccn12. The fourth-order valence-corrected chi connectivity index (χ4v) is 4.16. The lowest BCUT2D eigenvalue weighted by atomic mass is 10.1. The third kappa shape index (κ3) is 3.10. The lowest BCUT2D eigenvalue weighted by Crippen LogP contribution is -2.31. The van der Waals surface area contributed by atoms with Crippen molar-refractivity contribution in [3.63, 3.8) is 0 Å². The van der Waals surface area contributed by atoms with E-state index in [0.717, 1.165) is 13.1 Å². The number of likely N-dealkylation sites (tertiary alicyclic amines) is 1. The number of nitro groups is 1. The fraction of sp³-hybridized carbons (Fsp3) is 0.353. The number of nitrogens with one attached hydrogen (secondary N) is 1. The van der Waals surface area contributed by atoms with Crippen molar-refractivity contribution in [1.82, 2.24) is 14.3 Å². The first-order valence-corrected chi connectivity index (χ1v) is 9.25. The minimum absolute atomic E-state index is 0.00415. The molecule has 4 rings (SSSR count). The van der Waals surface area contributed by atoms with Crippen LogP contribution in [0.2, 0.25) is 0 Å². The predicted octanol–water partition coefficient (Wildman–Crippen LogP) is 3.55. The van der Waals surface area contributed by atoms with Crippen LogP contribution in [-0.4, -0.2) is 38.8 Å². The van der Waals surface area contributed by atoms with E-state index >= 15 is 0 Å². The molecule has 3 heterocycles. The van der Waals surface area contributed by atoms with Crippen molar-refractivity contribution in [3.05, 3.63) is 57.6 Å². The Bertz CT molecular complexity index is 870. The van der Waals surface area contributed by atoms with Crippen molar-refractivity contribution in [1.29, 1.82) is 0 Å². The van der Waals surface area contributed by atoms with Gasteiger partial charge in [-0.2, -0.15) is 9.38 Å². The second kappa shape index (κ2) is 6.81. The lowest BCUT2D eigenvalue weighted by Gasteiger charge is -2.28. The van der Waals surface area contributed by atoms with Gasteiger partial charge in [0.1, 0.15) is 6.20 Å². The molecular weight excluding hydrogens is 338 g/mol. The summed E-state index contributed by atoms with van der Waals surface area (Å²) < 4.78 is 1.53. The molecule has 1 aliphatic heterocycles. The molecule has 1 aliphatic rings. The van der Waals surface area contributed by atoms with Gasteiger partial charge in [-0.15, -0.1) is 0 Å². The van der Waals surface area contributed by atoms with Crippen LogP contribution in [-0.2, 0) is 0 Å². The summed E-state index contributed by atoms with van der Waals surface area (Å²) in [6, 6.07) is 10.5. The topological polar surface area (TPSA) is 75.7 Å². The largest absolute Gasteiger partial charge is 0.372 e. The Hall–Kier alpha value is -2.45. The first kappa shape index (κ1) is 16.0. The number of imidazole rings is 1. The highest BCUT2D eigenvalue weighted by Crippen LogP contribution is 2.30. The summed E-state index contributed by atoms with van der Waals surface area (Å²) in [7, 11) is 0. The van der Waals surface area contributed by atoms with E-state index in [2.05, 4.69) is 27.3 Å². The van der Waals surface area contributed by atoms with E-state index in [1.165, 1.54) is 34.1 Å². The molecule has 0 amide bonds. The van der Waals surface area contributed by atoms with Crippen molar-refractivity contribution in [2.75, 3.05) is 25.0 Å². The van der Waals surface area contributed by atoms with Crippen LogP contribution in [0.3, 0.4) is 0 Å². The van der Waals surface area contributed by atoms with Gasteiger partial charge in [-0.05, 0) is 36.4 Å². The number of fused-ring (bicyclic) bond motifs is 1. The van der Waals surface area contributed by atoms with E-state index in [1.54, 1.807) is 11.6 Å². The molecule has 0 radical (unpaired) electrons. The van der Waals surface area contributed by atoms with Crippen molar-refractivity contribution in [2.45, 2.75) is 18.9 Å². The molecule has 1 saturated heterocycles. The maximum absolute atomic E-state index is 11.5. The van der Waals surface area contributed by atoms with Gasteiger partial charge in [0.15, 0.2) is 0 Å². The minimum atomic E-state index is -0.373. The monoisotopic (exact) mass is 357 g/mol. The number of aromatic nitrogens is 2. The minimum Gasteiger partial charge on any atom is -0.361 e. The zero-order chi connectivity index (χ0) is 17.2. The first-order chi connectivity index (χ1) is 12.2. The van der Waals surface area contributed by atoms with Gasteiger partial charge in [0, 0.05) is 11.9 Å². The van der Waals surface area contributed by atoms with Crippen LogP contribution in [0.15, 0.2) is 41.9 Å². The van der Waals surface area contributed by atoms with Crippen LogP contribution >= 0.6 is 11.3 Å². The van der Waals surface area contributed by atoms with Crippen molar-refractivity contribution in [3.8, 4) is 0 Å². The Morgan fingerprint density at radius 1 is 1.28 bits per heavy atom. The summed E-state index contributed by atoms with van der Waals surface area (Å²) in [4.78, 5) is 18.6. The number of hydrogen-bond donors (Lipinski definition) is 1. The quantitative estimate of drug-likeness (QED) is 0.539. The zero-order valence-electron chi connectivity index (χ0n) is 13.7. The second-order valence-corrected chi connectivity index (χ2v) is 7.02. The normalized spacial score (nSPS) is 16.3. The Kier molecular flexibility index (Phi) is 4.37. The van der Waals surface area contributed by atoms with Crippen molar-refractivity contribution in [2.24, 2.45) is 0 Å².